The van der Waals surface area contributed by atoms with Gasteiger partial charge in [0.05, 0.1) is 30.1 Å². The van der Waals surface area contributed by atoms with Gasteiger partial charge in [-0.05, 0) is 51.6 Å². The molecule has 0 aliphatic carbocycles. The summed E-state index contributed by atoms with van der Waals surface area (Å²) in [5.74, 6) is 1.72. The lowest BCUT2D eigenvalue weighted by Crippen LogP contribution is -2.60. The molecular formula is C28H38N8O. The fourth-order valence-corrected chi connectivity index (χ4v) is 5.72. The van der Waals surface area contributed by atoms with E-state index < -0.39 is 0 Å². The van der Waals surface area contributed by atoms with Gasteiger partial charge in [-0.15, -0.1) is 0 Å². The van der Waals surface area contributed by atoms with Gasteiger partial charge in [0, 0.05) is 68.7 Å². The van der Waals surface area contributed by atoms with Crippen molar-refractivity contribution < 1.29 is 4.74 Å². The Kier molecular flexibility index (Phi) is 7.60. The van der Waals surface area contributed by atoms with Crippen LogP contribution in [0.1, 0.15) is 32.3 Å². The van der Waals surface area contributed by atoms with Gasteiger partial charge in [-0.2, -0.15) is 10.4 Å². The molecule has 2 aliphatic rings. The van der Waals surface area contributed by atoms with E-state index >= 15 is 0 Å². The van der Waals surface area contributed by atoms with Crippen molar-refractivity contribution in [3.8, 4) is 22.9 Å². The molecule has 0 saturated carbocycles. The monoisotopic (exact) mass is 502 g/mol. The second-order valence-corrected chi connectivity index (χ2v) is 10.1. The summed E-state index contributed by atoms with van der Waals surface area (Å²) >= 11 is 0. The Morgan fingerprint density at radius 2 is 1.81 bits per heavy atom. The zero-order valence-electron chi connectivity index (χ0n) is 22.3. The van der Waals surface area contributed by atoms with Crippen molar-refractivity contribution in [2.45, 2.75) is 32.2 Å². The number of nitrogens with zero attached hydrogens (tertiary/aromatic N) is 7. The van der Waals surface area contributed by atoms with Gasteiger partial charge >= 0.3 is 0 Å². The maximum Gasteiger partial charge on any atom is 0.138 e. The number of fused-ring (bicyclic) bond motifs is 1. The molecule has 3 aromatic heterocycles. The standard InChI is InChI=1S/C28H38N8O/c1-4-33-12-14-34(15-13-33)21-28(30-3)8-10-35(11-9-28)26-7-6-22(18-31-26)25-16-24(37-5-2)20-36-27(25)23(17-29)19-32-36/h6-7,16,18-20,30H,4-5,8-15,21H2,1-3H3. The number of pyridine rings is 2. The molecule has 1 N–H and O–H groups in total. The lowest BCUT2D eigenvalue weighted by molar-refractivity contribution is 0.0955. The molecule has 196 valence electrons. The zero-order valence-corrected chi connectivity index (χ0v) is 22.3. The van der Waals surface area contributed by atoms with E-state index in [1.165, 1.54) is 13.1 Å². The van der Waals surface area contributed by atoms with Crippen LogP contribution in [0.25, 0.3) is 16.6 Å². The smallest absolute Gasteiger partial charge is 0.138 e. The van der Waals surface area contributed by atoms with Crippen LogP contribution in [0, 0.1) is 11.3 Å². The molecule has 0 unspecified atom stereocenters. The average Bonchev–Trinajstić information content (AvgIpc) is 3.37. The van der Waals surface area contributed by atoms with Crippen LogP contribution in [0.4, 0.5) is 5.82 Å². The van der Waals surface area contributed by atoms with Gasteiger partial charge in [0.2, 0.25) is 0 Å². The quantitative estimate of drug-likeness (QED) is 0.503. The summed E-state index contributed by atoms with van der Waals surface area (Å²) in [4.78, 5) is 12.4. The second kappa shape index (κ2) is 11.1. The summed E-state index contributed by atoms with van der Waals surface area (Å²) in [6.45, 7) is 13.7. The van der Waals surface area contributed by atoms with E-state index in [1.807, 2.05) is 25.4 Å². The van der Waals surface area contributed by atoms with E-state index in [0.29, 0.717) is 12.2 Å². The van der Waals surface area contributed by atoms with Crippen molar-refractivity contribution in [3.63, 3.8) is 0 Å². The Morgan fingerprint density at radius 1 is 1.05 bits per heavy atom. The molecule has 2 fully saturated rings. The number of hydrogen-bond acceptors (Lipinski definition) is 8. The number of anilines is 1. The fraction of sp³-hybridized carbons (Fsp3) is 0.536. The summed E-state index contributed by atoms with van der Waals surface area (Å²) in [5.41, 5.74) is 3.32. The summed E-state index contributed by atoms with van der Waals surface area (Å²) in [7, 11) is 2.12. The van der Waals surface area contributed by atoms with Crippen molar-refractivity contribution in [2.75, 3.05) is 70.9 Å². The van der Waals surface area contributed by atoms with Crippen LogP contribution in [-0.4, -0.2) is 95.9 Å². The maximum atomic E-state index is 9.60. The van der Waals surface area contributed by atoms with Crippen LogP contribution in [0.15, 0.2) is 36.8 Å². The predicted octanol–water partition coefficient (Wildman–Crippen LogP) is 2.86. The van der Waals surface area contributed by atoms with Crippen molar-refractivity contribution in [2.24, 2.45) is 0 Å². The first-order valence-corrected chi connectivity index (χ1v) is 13.5. The third kappa shape index (κ3) is 5.28. The number of piperidine rings is 1. The van der Waals surface area contributed by atoms with E-state index in [-0.39, 0.29) is 5.54 Å². The lowest BCUT2D eigenvalue weighted by Gasteiger charge is -2.46. The number of aromatic nitrogens is 3. The summed E-state index contributed by atoms with van der Waals surface area (Å²) in [6.07, 6.45) is 7.51. The number of piperazine rings is 1. The second-order valence-electron chi connectivity index (χ2n) is 10.1. The van der Waals surface area contributed by atoms with Gasteiger partial charge < -0.3 is 19.9 Å². The number of nitriles is 1. The topological polar surface area (TPSA) is 85.0 Å². The van der Waals surface area contributed by atoms with E-state index in [9.17, 15) is 5.26 Å². The van der Waals surface area contributed by atoms with Gasteiger partial charge in [0.25, 0.3) is 0 Å². The van der Waals surface area contributed by atoms with Crippen molar-refractivity contribution >= 4 is 11.3 Å². The average molecular weight is 503 g/mol. The first-order valence-electron chi connectivity index (χ1n) is 13.5. The molecule has 2 aliphatic heterocycles. The molecular weight excluding hydrogens is 464 g/mol. The number of rotatable bonds is 8. The van der Waals surface area contributed by atoms with E-state index in [2.05, 4.69) is 57.3 Å². The van der Waals surface area contributed by atoms with E-state index in [4.69, 9.17) is 9.72 Å². The molecule has 9 heteroatoms. The molecule has 0 amide bonds. The van der Waals surface area contributed by atoms with Gasteiger partial charge in [-0.25, -0.2) is 9.50 Å². The first-order chi connectivity index (χ1) is 18.1. The summed E-state index contributed by atoms with van der Waals surface area (Å²) in [6, 6.07) is 8.42. The minimum absolute atomic E-state index is 0.159. The van der Waals surface area contributed by atoms with Crippen LogP contribution in [-0.2, 0) is 0 Å². The normalized spacial score (nSPS) is 18.7. The van der Waals surface area contributed by atoms with Crippen molar-refractivity contribution in [1.82, 2.24) is 29.7 Å². The highest BCUT2D eigenvalue weighted by molar-refractivity contribution is 5.85. The molecule has 0 radical (unpaired) electrons. The van der Waals surface area contributed by atoms with Crippen LogP contribution in [0.5, 0.6) is 5.75 Å². The van der Waals surface area contributed by atoms with Crippen molar-refractivity contribution in [3.05, 3.63) is 42.4 Å². The molecule has 5 heterocycles. The highest BCUT2D eigenvalue weighted by Crippen LogP contribution is 2.32. The minimum atomic E-state index is 0.159. The molecule has 0 atom stereocenters. The van der Waals surface area contributed by atoms with Crippen molar-refractivity contribution in [1.29, 1.82) is 5.26 Å². The Morgan fingerprint density at radius 3 is 2.43 bits per heavy atom. The molecule has 0 aromatic carbocycles. The molecule has 5 rings (SSSR count). The Labute approximate surface area is 219 Å². The van der Waals surface area contributed by atoms with Crippen LogP contribution in [0.3, 0.4) is 0 Å². The van der Waals surface area contributed by atoms with Gasteiger partial charge in [0.1, 0.15) is 17.6 Å². The molecule has 9 nitrogen and oxygen atoms in total. The first kappa shape index (κ1) is 25.5. The predicted molar refractivity (Wildman–Crippen MR) is 146 cm³/mol. The molecule has 2 saturated heterocycles. The highest BCUT2D eigenvalue weighted by Gasteiger charge is 2.35. The van der Waals surface area contributed by atoms with Gasteiger partial charge in [0.15, 0.2) is 0 Å². The van der Waals surface area contributed by atoms with Gasteiger partial charge in [-0.1, -0.05) is 6.92 Å². The summed E-state index contributed by atoms with van der Waals surface area (Å²) in [5, 5.41) is 17.6. The third-order valence-corrected chi connectivity index (χ3v) is 8.09. The molecule has 3 aromatic rings. The maximum absolute atomic E-state index is 9.60. The lowest BCUT2D eigenvalue weighted by atomic mass is 9.86. The number of likely N-dealkylation sites (N-methyl/N-ethyl adjacent to an activating group) is 2. The zero-order chi connectivity index (χ0) is 25.8. The Bertz CT molecular complexity index is 1230. The molecule has 37 heavy (non-hydrogen) atoms. The van der Waals surface area contributed by atoms with Crippen LogP contribution in [0.2, 0.25) is 0 Å². The largest absolute Gasteiger partial charge is 0.492 e. The molecule has 0 spiro atoms. The highest BCUT2D eigenvalue weighted by atomic mass is 16.5. The molecule has 0 bridgehead atoms. The Hall–Kier alpha value is -3.19. The third-order valence-electron chi connectivity index (χ3n) is 8.09. The Balaban J connectivity index is 1.29. The van der Waals surface area contributed by atoms with Gasteiger partial charge in [-0.3, -0.25) is 4.90 Å². The number of hydrogen-bond donors (Lipinski definition) is 1. The fourth-order valence-electron chi connectivity index (χ4n) is 5.72. The van der Waals surface area contributed by atoms with E-state index in [1.54, 1.807) is 10.7 Å². The van der Waals surface area contributed by atoms with Crippen LogP contribution < -0.4 is 15.0 Å². The van der Waals surface area contributed by atoms with E-state index in [0.717, 1.165) is 80.3 Å². The number of ether oxygens (including phenoxy) is 1. The minimum Gasteiger partial charge on any atom is -0.492 e. The summed E-state index contributed by atoms with van der Waals surface area (Å²) < 4.78 is 7.47. The SMILES string of the molecule is CCOc1cc(-c2ccc(N3CCC(CN4CCN(CC)CC4)(NC)CC3)nc2)c2c(C#N)cnn2c1. The van der Waals surface area contributed by atoms with Crippen LogP contribution >= 0.6 is 0 Å². The number of nitrogens with one attached hydrogen (secondary N) is 1.